The van der Waals surface area contributed by atoms with Crippen LogP contribution < -0.4 is 15.2 Å². The van der Waals surface area contributed by atoms with Crippen LogP contribution in [0.5, 0.6) is 11.5 Å². The fraction of sp³-hybridized carbons (Fsp3) is 0.133. The number of nitrogen functional groups attached to an aromatic ring is 1. The molecule has 6 heteroatoms. The highest BCUT2D eigenvalue weighted by molar-refractivity contribution is 9.10. The second-order valence-corrected chi connectivity index (χ2v) is 5.12. The van der Waals surface area contributed by atoms with Crippen molar-refractivity contribution >= 4 is 27.6 Å². The van der Waals surface area contributed by atoms with Crippen molar-refractivity contribution < 1.29 is 19.4 Å². The summed E-state index contributed by atoms with van der Waals surface area (Å²) >= 11 is 3.36. The Labute approximate surface area is 130 Å². The van der Waals surface area contributed by atoms with E-state index in [4.69, 9.17) is 20.3 Å². The molecule has 2 aromatic rings. The topological polar surface area (TPSA) is 81.8 Å². The molecular formula is C15H14BrNO4. The number of hydrogen-bond acceptors (Lipinski definition) is 4. The molecule has 0 radical (unpaired) electrons. The summed E-state index contributed by atoms with van der Waals surface area (Å²) in [5.41, 5.74) is 5.81. The van der Waals surface area contributed by atoms with Crippen molar-refractivity contribution in [3.05, 3.63) is 52.5 Å². The standard InChI is InChI=1S/C15H14BrNO4/c16-10-2-1-3-11(8-10)20-6-7-21-12-4-5-14(17)13(9-12)15(18)19/h1-5,8-9H,6-7,17H2,(H,18,19). The predicted octanol–water partition coefficient (Wildman–Crippen LogP) is 3.19. The molecule has 2 aromatic carbocycles. The molecule has 21 heavy (non-hydrogen) atoms. The Morgan fingerprint density at radius 3 is 2.38 bits per heavy atom. The molecule has 0 fully saturated rings. The van der Waals surface area contributed by atoms with E-state index in [1.165, 1.54) is 12.1 Å². The van der Waals surface area contributed by atoms with Crippen LogP contribution in [-0.2, 0) is 0 Å². The Morgan fingerprint density at radius 2 is 1.76 bits per heavy atom. The highest BCUT2D eigenvalue weighted by atomic mass is 79.9. The Kier molecular flexibility index (Phi) is 5.05. The molecule has 0 amide bonds. The first kappa shape index (κ1) is 15.2. The minimum Gasteiger partial charge on any atom is -0.490 e. The van der Waals surface area contributed by atoms with Gasteiger partial charge in [0.15, 0.2) is 0 Å². The summed E-state index contributed by atoms with van der Waals surface area (Å²) in [4.78, 5) is 11.0. The number of hydrogen-bond donors (Lipinski definition) is 2. The van der Waals surface area contributed by atoms with Gasteiger partial charge >= 0.3 is 5.97 Å². The van der Waals surface area contributed by atoms with E-state index in [1.807, 2.05) is 24.3 Å². The molecule has 0 unspecified atom stereocenters. The number of benzene rings is 2. The van der Waals surface area contributed by atoms with Gasteiger partial charge in [-0.15, -0.1) is 0 Å². The van der Waals surface area contributed by atoms with Crippen LogP contribution >= 0.6 is 15.9 Å². The SMILES string of the molecule is Nc1ccc(OCCOc2cccc(Br)c2)cc1C(=O)O. The van der Waals surface area contributed by atoms with E-state index < -0.39 is 5.97 Å². The van der Waals surface area contributed by atoms with E-state index in [9.17, 15) is 4.79 Å². The molecule has 0 bridgehead atoms. The van der Waals surface area contributed by atoms with Crippen LogP contribution in [0.15, 0.2) is 46.9 Å². The summed E-state index contributed by atoms with van der Waals surface area (Å²) in [7, 11) is 0. The third-order valence-corrected chi connectivity index (χ3v) is 3.17. The molecule has 2 rings (SSSR count). The van der Waals surface area contributed by atoms with Gasteiger partial charge in [0, 0.05) is 10.2 Å². The second kappa shape index (κ2) is 6.99. The van der Waals surface area contributed by atoms with Gasteiger partial charge in [0.2, 0.25) is 0 Å². The maximum absolute atomic E-state index is 11.0. The lowest BCUT2D eigenvalue weighted by Crippen LogP contribution is -2.10. The number of carboxylic acid groups (broad SMARTS) is 1. The summed E-state index contributed by atoms with van der Waals surface area (Å²) in [6, 6.07) is 12.0. The number of carboxylic acids is 1. The van der Waals surface area contributed by atoms with Crippen LogP contribution in [0, 0.1) is 0 Å². The molecular weight excluding hydrogens is 338 g/mol. The van der Waals surface area contributed by atoms with Crippen molar-refractivity contribution in [3.63, 3.8) is 0 Å². The van der Waals surface area contributed by atoms with Gasteiger partial charge in [0.05, 0.1) is 5.56 Å². The number of aromatic carboxylic acids is 1. The quantitative estimate of drug-likeness (QED) is 0.616. The molecule has 0 aliphatic heterocycles. The molecule has 0 saturated carbocycles. The zero-order valence-electron chi connectivity index (χ0n) is 11.1. The number of ether oxygens (including phenoxy) is 2. The minimum atomic E-state index is -1.08. The zero-order valence-corrected chi connectivity index (χ0v) is 12.7. The predicted molar refractivity (Wildman–Crippen MR) is 82.9 cm³/mol. The van der Waals surface area contributed by atoms with Gasteiger partial charge in [0.25, 0.3) is 0 Å². The normalized spacial score (nSPS) is 10.1. The van der Waals surface area contributed by atoms with Crippen LogP contribution in [0.25, 0.3) is 0 Å². The molecule has 0 spiro atoms. The van der Waals surface area contributed by atoms with Gasteiger partial charge in [-0.3, -0.25) is 0 Å². The third-order valence-electron chi connectivity index (χ3n) is 2.67. The summed E-state index contributed by atoms with van der Waals surface area (Å²) in [5, 5.41) is 8.97. The molecule has 0 atom stereocenters. The van der Waals surface area contributed by atoms with Gasteiger partial charge in [-0.25, -0.2) is 4.79 Å². The summed E-state index contributed by atoms with van der Waals surface area (Å²) in [6.07, 6.45) is 0. The molecule has 0 aliphatic rings. The maximum atomic E-state index is 11.0. The number of carbonyl (C=O) groups is 1. The smallest absolute Gasteiger partial charge is 0.337 e. The van der Waals surface area contributed by atoms with E-state index in [2.05, 4.69) is 15.9 Å². The van der Waals surface area contributed by atoms with E-state index in [1.54, 1.807) is 6.07 Å². The highest BCUT2D eigenvalue weighted by Gasteiger charge is 2.09. The number of anilines is 1. The van der Waals surface area contributed by atoms with Crippen LogP contribution in [0.1, 0.15) is 10.4 Å². The van der Waals surface area contributed by atoms with Crippen LogP contribution in [0.3, 0.4) is 0 Å². The van der Waals surface area contributed by atoms with Crippen LogP contribution in [0.2, 0.25) is 0 Å². The minimum absolute atomic E-state index is 0.0282. The van der Waals surface area contributed by atoms with E-state index in [0.29, 0.717) is 19.0 Å². The third kappa shape index (κ3) is 4.39. The second-order valence-electron chi connectivity index (χ2n) is 4.21. The van der Waals surface area contributed by atoms with Gasteiger partial charge in [-0.1, -0.05) is 22.0 Å². The average molecular weight is 352 g/mol. The molecule has 0 heterocycles. The fourth-order valence-electron chi connectivity index (χ4n) is 1.69. The van der Waals surface area contributed by atoms with Crippen molar-refractivity contribution in [1.82, 2.24) is 0 Å². The number of nitrogens with two attached hydrogens (primary N) is 1. The number of halogens is 1. The van der Waals surface area contributed by atoms with E-state index in [0.717, 1.165) is 10.2 Å². The maximum Gasteiger partial charge on any atom is 0.337 e. The number of rotatable bonds is 6. The highest BCUT2D eigenvalue weighted by Crippen LogP contribution is 2.20. The van der Waals surface area contributed by atoms with Crippen LogP contribution in [0.4, 0.5) is 5.69 Å². The Balaban J connectivity index is 1.86. The molecule has 5 nitrogen and oxygen atoms in total. The van der Waals surface area contributed by atoms with Gasteiger partial charge in [-0.2, -0.15) is 0 Å². The lowest BCUT2D eigenvalue weighted by molar-refractivity contribution is 0.0697. The van der Waals surface area contributed by atoms with E-state index in [-0.39, 0.29) is 11.3 Å². The average Bonchev–Trinajstić information content (AvgIpc) is 2.45. The summed E-state index contributed by atoms with van der Waals surface area (Å²) in [6.45, 7) is 0.652. The Hall–Kier alpha value is -2.21. The van der Waals surface area contributed by atoms with Gasteiger partial charge < -0.3 is 20.3 Å². The Morgan fingerprint density at radius 1 is 1.10 bits per heavy atom. The first-order chi connectivity index (χ1) is 10.1. The molecule has 0 aliphatic carbocycles. The van der Waals surface area contributed by atoms with Gasteiger partial charge in [-0.05, 0) is 36.4 Å². The van der Waals surface area contributed by atoms with Crippen LogP contribution in [-0.4, -0.2) is 24.3 Å². The largest absolute Gasteiger partial charge is 0.490 e. The lowest BCUT2D eigenvalue weighted by atomic mass is 10.2. The van der Waals surface area contributed by atoms with Crippen molar-refractivity contribution in [2.45, 2.75) is 0 Å². The van der Waals surface area contributed by atoms with Gasteiger partial charge in [0.1, 0.15) is 24.7 Å². The van der Waals surface area contributed by atoms with E-state index >= 15 is 0 Å². The molecule has 110 valence electrons. The van der Waals surface area contributed by atoms with Crippen molar-refractivity contribution in [2.75, 3.05) is 18.9 Å². The molecule has 0 aromatic heterocycles. The lowest BCUT2D eigenvalue weighted by Gasteiger charge is -2.10. The molecule has 0 saturated heterocycles. The summed E-state index contributed by atoms with van der Waals surface area (Å²) < 4.78 is 11.9. The van der Waals surface area contributed by atoms with Crippen molar-refractivity contribution in [1.29, 1.82) is 0 Å². The fourth-order valence-corrected chi connectivity index (χ4v) is 2.06. The first-order valence-electron chi connectivity index (χ1n) is 6.20. The Bertz CT molecular complexity index is 645. The zero-order chi connectivity index (χ0) is 15.2. The molecule has 3 N–H and O–H groups in total. The monoisotopic (exact) mass is 351 g/mol. The van der Waals surface area contributed by atoms with Crippen molar-refractivity contribution in [3.8, 4) is 11.5 Å². The summed E-state index contributed by atoms with van der Waals surface area (Å²) in [5.74, 6) is 0.0966. The first-order valence-corrected chi connectivity index (χ1v) is 6.99. The van der Waals surface area contributed by atoms with Crippen molar-refractivity contribution in [2.24, 2.45) is 0 Å².